The second kappa shape index (κ2) is 5.68. The Bertz CT molecular complexity index is 1030. The first-order valence-corrected chi connectivity index (χ1v) is 8.37. The van der Waals surface area contributed by atoms with Gasteiger partial charge < -0.3 is 5.32 Å². The fourth-order valence-electron chi connectivity index (χ4n) is 3.21. The lowest BCUT2D eigenvalue weighted by Crippen LogP contribution is -2.12. The highest BCUT2D eigenvalue weighted by atomic mass is 15.1. The Labute approximate surface area is 142 Å². The predicted molar refractivity (Wildman–Crippen MR) is 102 cm³/mol. The molecule has 3 nitrogen and oxygen atoms in total. The minimum absolute atomic E-state index is 0.333. The lowest BCUT2D eigenvalue weighted by molar-refractivity contribution is 0.886. The number of hydrogen-bond acceptors (Lipinski definition) is 2. The summed E-state index contributed by atoms with van der Waals surface area (Å²) in [5.74, 6) is 1.06. The number of pyridine rings is 1. The molecule has 0 aliphatic rings. The van der Waals surface area contributed by atoms with Gasteiger partial charge in [0.05, 0.1) is 0 Å². The molecule has 0 saturated heterocycles. The number of nitrogens with one attached hydrogen (secondary N) is 1. The van der Waals surface area contributed by atoms with Crippen LogP contribution in [0.2, 0.25) is 0 Å². The summed E-state index contributed by atoms with van der Waals surface area (Å²) in [5.41, 5.74) is 4.41. The standard InChI is InChI=1S/C21H21N3/c1-14(2)22-21-19(17-10-6-4-8-15(17)3)23-20-18-11-7-5-9-16(18)12-13-24(20)21/h4-14,22H,1-3H3. The van der Waals surface area contributed by atoms with E-state index in [1.54, 1.807) is 0 Å². The normalized spacial score (nSPS) is 11.5. The third-order valence-corrected chi connectivity index (χ3v) is 4.34. The smallest absolute Gasteiger partial charge is 0.147 e. The van der Waals surface area contributed by atoms with Gasteiger partial charge in [0.15, 0.2) is 0 Å². The van der Waals surface area contributed by atoms with Crippen LogP contribution >= 0.6 is 0 Å². The highest BCUT2D eigenvalue weighted by Gasteiger charge is 2.17. The van der Waals surface area contributed by atoms with Crippen molar-refractivity contribution < 1.29 is 0 Å². The van der Waals surface area contributed by atoms with Gasteiger partial charge in [-0.15, -0.1) is 0 Å². The Hall–Kier alpha value is -2.81. The van der Waals surface area contributed by atoms with Crippen molar-refractivity contribution in [3.63, 3.8) is 0 Å². The lowest BCUT2D eigenvalue weighted by Gasteiger charge is -2.13. The molecule has 0 radical (unpaired) electrons. The molecule has 2 aromatic carbocycles. The van der Waals surface area contributed by atoms with Crippen molar-refractivity contribution in [2.75, 3.05) is 5.32 Å². The van der Waals surface area contributed by atoms with Gasteiger partial charge in [0.1, 0.15) is 17.2 Å². The molecule has 2 aromatic heterocycles. The Balaban J connectivity index is 2.08. The van der Waals surface area contributed by atoms with E-state index < -0.39 is 0 Å². The molecule has 2 heterocycles. The summed E-state index contributed by atoms with van der Waals surface area (Å²) in [4.78, 5) is 5.03. The Morgan fingerprint density at radius 3 is 2.50 bits per heavy atom. The molecule has 0 atom stereocenters. The second-order valence-electron chi connectivity index (χ2n) is 6.52. The first-order valence-electron chi connectivity index (χ1n) is 8.37. The molecule has 0 saturated carbocycles. The zero-order chi connectivity index (χ0) is 16.7. The van der Waals surface area contributed by atoms with Crippen LogP contribution in [0.25, 0.3) is 27.7 Å². The molecule has 0 spiro atoms. The average molecular weight is 315 g/mol. The molecule has 0 bridgehead atoms. The SMILES string of the molecule is Cc1ccccc1-c1nc2c3ccccc3ccn2c1NC(C)C. The van der Waals surface area contributed by atoms with Crippen molar-refractivity contribution in [2.24, 2.45) is 0 Å². The Kier molecular flexibility index (Phi) is 3.49. The van der Waals surface area contributed by atoms with E-state index in [0.29, 0.717) is 6.04 Å². The number of imidazole rings is 1. The van der Waals surface area contributed by atoms with Gasteiger partial charge in [-0.2, -0.15) is 0 Å². The molecular formula is C21H21N3. The Morgan fingerprint density at radius 1 is 0.958 bits per heavy atom. The van der Waals surface area contributed by atoms with E-state index in [1.807, 2.05) is 0 Å². The second-order valence-corrected chi connectivity index (χ2v) is 6.52. The summed E-state index contributed by atoms with van der Waals surface area (Å²) >= 11 is 0. The largest absolute Gasteiger partial charge is 0.367 e. The third-order valence-electron chi connectivity index (χ3n) is 4.34. The molecule has 0 aliphatic carbocycles. The van der Waals surface area contributed by atoms with Crippen LogP contribution in [0.1, 0.15) is 19.4 Å². The lowest BCUT2D eigenvalue weighted by atomic mass is 10.1. The maximum atomic E-state index is 5.03. The summed E-state index contributed by atoms with van der Waals surface area (Å²) in [6.07, 6.45) is 2.11. The molecule has 0 unspecified atom stereocenters. The summed E-state index contributed by atoms with van der Waals surface area (Å²) in [6.45, 7) is 6.45. The van der Waals surface area contributed by atoms with Gasteiger partial charge in [-0.25, -0.2) is 4.98 Å². The maximum absolute atomic E-state index is 5.03. The first-order chi connectivity index (χ1) is 11.6. The van der Waals surface area contributed by atoms with Gasteiger partial charge in [0, 0.05) is 23.2 Å². The van der Waals surface area contributed by atoms with E-state index in [1.165, 1.54) is 21.9 Å². The van der Waals surface area contributed by atoms with E-state index in [-0.39, 0.29) is 0 Å². The number of anilines is 1. The molecule has 4 aromatic rings. The van der Waals surface area contributed by atoms with Crippen LogP contribution in [-0.4, -0.2) is 15.4 Å². The molecule has 0 amide bonds. The minimum Gasteiger partial charge on any atom is -0.367 e. The summed E-state index contributed by atoms with van der Waals surface area (Å²) in [5, 5.41) is 5.97. The van der Waals surface area contributed by atoms with Crippen molar-refractivity contribution in [1.82, 2.24) is 9.38 Å². The monoisotopic (exact) mass is 315 g/mol. The molecule has 0 fully saturated rings. The van der Waals surface area contributed by atoms with Crippen LogP contribution < -0.4 is 5.32 Å². The van der Waals surface area contributed by atoms with Gasteiger partial charge in [0.25, 0.3) is 0 Å². The Morgan fingerprint density at radius 2 is 1.71 bits per heavy atom. The number of aryl methyl sites for hydroxylation is 1. The summed E-state index contributed by atoms with van der Waals surface area (Å²) < 4.78 is 2.17. The quantitative estimate of drug-likeness (QED) is 0.557. The zero-order valence-corrected chi connectivity index (χ0v) is 14.2. The molecule has 3 heteroatoms. The fraction of sp³-hybridized carbons (Fsp3) is 0.190. The number of rotatable bonds is 3. The van der Waals surface area contributed by atoms with E-state index in [2.05, 4.69) is 91.3 Å². The highest BCUT2D eigenvalue weighted by Crippen LogP contribution is 2.33. The van der Waals surface area contributed by atoms with Crippen molar-refractivity contribution >= 4 is 22.2 Å². The van der Waals surface area contributed by atoms with Gasteiger partial charge in [-0.3, -0.25) is 4.40 Å². The van der Waals surface area contributed by atoms with Crippen LogP contribution in [-0.2, 0) is 0 Å². The van der Waals surface area contributed by atoms with E-state index in [0.717, 1.165) is 17.2 Å². The highest BCUT2D eigenvalue weighted by molar-refractivity contribution is 5.96. The molecule has 120 valence electrons. The van der Waals surface area contributed by atoms with Gasteiger partial charge >= 0.3 is 0 Å². The summed E-state index contributed by atoms with van der Waals surface area (Å²) in [6, 6.07) is 19.3. The van der Waals surface area contributed by atoms with Gasteiger partial charge in [-0.1, -0.05) is 48.5 Å². The number of benzene rings is 2. The van der Waals surface area contributed by atoms with Crippen LogP contribution in [0.4, 0.5) is 5.82 Å². The molecule has 24 heavy (non-hydrogen) atoms. The number of hydrogen-bond donors (Lipinski definition) is 1. The minimum atomic E-state index is 0.333. The van der Waals surface area contributed by atoms with Crippen LogP contribution in [0, 0.1) is 6.92 Å². The third kappa shape index (κ3) is 2.33. The summed E-state index contributed by atoms with van der Waals surface area (Å²) in [7, 11) is 0. The van der Waals surface area contributed by atoms with Crippen LogP contribution in [0.15, 0.2) is 60.8 Å². The molecule has 0 aliphatic heterocycles. The van der Waals surface area contributed by atoms with Crippen molar-refractivity contribution in [2.45, 2.75) is 26.8 Å². The maximum Gasteiger partial charge on any atom is 0.147 e. The van der Waals surface area contributed by atoms with Crippen LogP contribution in [0.5, 0.6) is 0 Å². The molecular weight excluding hydrogens is 294 g/mol. The van der Waals surface area contributed by atoms with E-state index >= 15 is 0 Å². The van der Waals surface area contributed by atoms with Crippen molar-refractivity contribution in [1.29, 1.82) is 0 Å². The number of nitrogens with zero attached hydrogens (tertiary/aromatic N) is 2. The number of aromatic nitrogens is 2. The predicted octanol–water partition coefficient (Wildman–Crippen LogP) is 5.28. The topological polar surface area (TPSA) is 29.3 Å². The van der Waals surface area contributed by atoms with Crippen LogP contribution in [0.3, 0.4) is 0 Å². The zero-order valence-electron chi connectivity index (χ0n) is 14.2. The first kappa shape index (κ1) is 14.8. The molecule has 4 rings (SSSR count). The van der Waals surface area contributed by atoms with Gasteiger partial charge in [-0.05, 0) is 37.8 Å². The van der Waals surface area contributed by atoms with Crippen molar-refractivity contribution in [3.05, 3.63) is 66.4 Å². The average Bonchev–Trinajstić information content (AvgIpc) is 2.93. The van der Waals surface area contributed by atoms with E-state index in [4.69, 9.17) is 4.98 Å². The molecule has 1 N–H and O–H groups in total. The van der Waals surface area contributed by atoms with Gasteiger partial charge in [0.2, 0.25) is 0 Å². The van der Waals surface area contributed by atoms with E-state index in [9.17, 15) is 0 Å². The fourth-order valence-corrected chi connectivity index (χ4v) is 3.21. The van der Waals surface area contributed by atoms with Crippen molar-refractivity contribution in [3.8, 4) is 11.3 Å². The number of fused-ring (bicyclic) bond motifs is 3.